The van der Waals surface area contributed by atoms with E-state index in [9.17, 15) is 9.59 Å². The minimum Gasteiger partial charge on any atom is -0.332 e. The van der Waals surface area contributed by atoms with Crippen molar-refractivity contribution >= 4 is 11.8 Å². The minimum atomic E-state index is -0.305. The maximum absolute atomic E-state index is 13.1. The summed E-state index contributed by atoms with van der Waals surface area (Å²) in [5, 5.41) is 0. The summed E-state index contributed by atoms with van der Waals surface area (Å²) in [6, 6.07) is 0.440. The fourth-order valence-corrected chi connectivity index (χ4v) is 5.57. The Hall–Kier alpha value is -1.10. The highest BCUT2D eigenvalue weighted by Crippen LogP contribution is 2.42. The number of amides is 2. The van der Waals surface area contributed by atoms with Gasteiger partial charge in [0.2, 0.25) is 11.8 Å². The van der Waals surface area contributed by atoms with Crippen molar-refractivity contribution in [2.45, 2.75) is 77.4 Å². The number of carbonyl (C=O) groups is 2. The molecule has 2 aliphatic carbocycles. The number of nitrogens with two attached hydrogens (primary N) is 1. The average molecular weight is 335 g/mol. The Morgan fingerprint density at radius 3 is 2.29 bits per heavy atom. The van der Waals surface area contributed by atoms with Crippen LogP contribution >= 0.6 is 0 Å². The molecular formula is C19H33N3O2. The van der Waals surface area contributed by atoms with Gasteiger partial charge in [-0.15, -0.1) is 0 Å². The second kappa shape index (κ2) is 6.32. The largest absolute Gasteiger partial charge is 0.332 e. The van der Waals surface area contributed by atoms with Gasteiger partial charge in [-0.25, -0.2) is 0 Å². The van der Waals surface area contributed by atoms with E-state index in [0.717, 1.165) is 25.7 Å². The zero-order valence-electron chi connectivity index (χ0n) is 15.6. The Kier molecular flexibility index (Phi) is 4.67. The Morgan fingerprint density at radius 2 is 1.79 bits per heavy atom. The van der Waals surface area contributed by atoms with Gasteiger partial charge in [0.1, 0.15) is 0 Å². The SMILES string of the molecule is CC(C)N1C(=O)CN(C(=O)C2CC3CCCC(C2)C3N)CC1(C)C. The summed E-state index contributed by atoms with van der Waals surface area (Å²) in [6.45, 7) is 9.08. The molecule has 1 saturated heterocycles. The lowest BCUT2D eigenvalue weighted by atomic mass is 9.65. The van der Waals surface area contributed by atoms with Crippen LogP contribution in [0.1, 0.15) is 59.8 Å². The first-order valence-electron chi connectivity index (χ1n) is 9.57. The van der Waals surface area contributed by atoms with E-state index in [0.29, 0.717) is 18.4 Å². The molecule has 2 bridgehead atoms. The number of rotatable bonds is 2. The molecule has 24 heavy (non-hydrogen) atoms. The Morgan fingerprint density at radius 1 is 1.21 bits per heavy atom. The summed E-state index contributed by atoms with van der Waals surface area (Å²) < 4.78 is 0. The van der Waals surface area contributed by atoms with Crippen molar-refractivity contribution in [1.29, 1.82) is 0 Å². The predicted molar refractivity (Wildman–Crippen MR) is 94.2 cm³/mol. The molecule has 2 N–H and O–H groups in total. The standard InChI is InChI=1S/C19H33N3O2/c1-12(2)22-16(23)10-21(11-19(22,3)4)18(24)15-8-13-6-5-7-14(9-15)17(13)20/h12-15,17H,5-11,20H2,1-4H3. The van der Waals surface area contributed by atoms with Crippen molar-refractivity contribution in [3.63, 3.8) is 0 Å². The highest BCUT2D eigenvalue weighted by Gasteiger charge is 2.45. The van der Waals surface area contributed by atoms with Crippen LogP contribution in [0.25, 0.3) is 0 Å². The summed E-state index contributed by atoms with van der Waals surface area (Å²) in [7, 11) is 0. The van der Waals surface area contributed by atoms with Gasteiger partial charge >= 0.3 is 0 Å². The molecule has 2 saturated carbocycles. The molecule has 2 atom stereocenters. The van der Waals surface area contributed by atoms with Crippen molar-refractivity contribution in [2.75, 3.05) is 13.1 Å². The van der Waals surface area contributed by atoms with Crippen LogP contribution in [0.5, 0.6) is 0 Å². The molecule has 2 amide bonds. The Bertz CT molecular complexity index is 503. The molecule has 136 valence electrons. The zero-order chi connectivity index (χ0) is 17.6. The monoisotopic (exact) mass is 335 g/mol. The summed E-state index contributed by atoms with van der Waals surface area (Å²) in [4.78, 5) is 29.5. The molecule has 0 aromatic heterocycles. The first-order chi connectivity index (χ1) is 11.2. The molecule has 1 heterocycles. The molecule has 5 nitrogen and oxygen atoms in total. The number of piperazine rings is 1. The van der Waals surface area contributed by atoms with Crippen LogP contribution in [-0.4, -0.2) is 52.3 Å². The number of hydrogen-bond donors (Lipinski definition) is 1. The van der Waals surface area contributed by atoms with Gasteiger partial charge in [0, 0.05) is 24.5 Å². The fraction of sp³-hybridized carbons (Fsp3) is 0.895. The fourth-order valence-electron chi connectivity index (χ4n) is 5.57. The van der Waals surface area contributed by atoms with Gasteiger partial charge < -0.3 is 15.5 Å². The van der Waals surface area contributed by atoms with Crippen LogP contribution in [0.3, 0.4) is 0 Å². The molecule has 0 radical (unpaired) electrons. The maximum Gasteiger partial charge on any atom is 0.242 e. The average Bonchev–Trinajstić information content (AvgIpc) is 2.43. The number of hydrogen-bond acceptors (Lipinski definition) is 3. The minimum absolute atomic E-state index is 0.0642. The first kappa shape index (κ1) is 17.7. The van der Waals surface area contributed by atoms with E-state index in [-0.39, 0.29) is 41.9 Å². The van der Waals surface area contributed by atoms with E-state index in [1.54, 1.807) is 0 Å². The third-order valence-electron chi connectivity index (χ3n) is 6.42. The van der Waals surface area contributed by atoms with E-state index >= 15 is 0 Å². The van der Waals surface area contributed by atoms with E-state index in [1.807, 2.05) is 23.6 Å². The lowest BCUT2D eigenvalue weighted by Gasteiger charge is -2.50. The topological polar surface area (TPSA) is 66.6 Å². The molecule has 0 spiro atoms. The highest BCUT2D eigenvalue weighted by molar-refractivity contribution is 5.88. The van der Waals surface area contributed by atoms with Gasteiger partial charge in [-0.05, 0) is 65.2 Å². The second-order valence-corrected chi connectivity index (χ2v) is 9.06. The maximum atomic E-state index is 13.1. The first-order valence-corrected chi connectivity index (χ1v) is 9.57. The van der Waals surface area contributed by atoms with Crippen molar-refractivity contribution in [3.8, 4) is 0 Å². The number of nitrogens with zero attached hydrogens (tertiary/aromatic N) is 2. The molecule has 5 heteroatoms. The lowest BCUT2D eigenvalue weighted by Crippen LogP contribution is -2.65. The van der Waals surface area contributed by atoms with Gasteiger partial charge in [-0.3, -0.25) is 9.59 Å². The van der Waals surface area contributed by atoms with Crippen LogP contribution < -0.4 is 5.73 Å². The van der Waals surface area contributed by atoms with Gasteiger partial charge in [0.05, 0.1) is 12.1 Å². The molecule has 3 rings (SSSR count). The van der Waals surface area contributed by atoms with Crippen LogP contribution in [0.4, 0.5) is 0 Å². The third kappa shape index (κ3) is 3.07. The summed E-state index contributed by atoms with van der Waals surface area (Å²) in [6.07, 6.45) is 5.40. The molecular weight excluding hydrogens is 302 g/mol. The van der Waals surface area contributed by atoms with Gasteiger partial charge in [-0.1, -0.05) is 6.42 Å². The molecule has 2 unspecified atom stereocenters. The van der Waals surface area contributed by atoms with Crippen LogP contribution in [0, 0.1) is 17.8 Å². The van der Waals surface area contributed by atoms with Crippen LogP contribution in [-0.2, 0) is 9.59 Å². The summed E-state index contributed by atoms with van der Waals surface area (Å²) in [5.74, 6) is 1.31. The quantitative estimate of drug-likeness (QED) is 0.839. The summed E-state index contributed by atoms with van der Waals surface area (Å²) in [5.41, 5.74) is 6.05. The van der Waals surface area contributed by atoms with Crippen molar-refractivity contribution in [1.82, 2.24) is 9.80 Å². The Labute approximate surface area is 145 Å². The molecule has 3 fully saturated rings. The van der Waals surface area contributed by atoms with Crippen molar-refractivity contribution < 1.29 is 9.59 Å². The van der Waals surface area contributed by atoms with Crippen molar-refractivity contribution in [3.05, 3.63) is 0 Å². The van der Waals surface area contributed by atoms with Gasteiger partial charge in [0.25, 0.3) is 0 Å². The molecule has 0 aromatic carbocycles. The van der Waals surface area contributed by atoms with Gasteiger partial charge in [0.15, 0.2) is 0 Å². The van der Waals surface area contributed by atoms with Gasteiger partial charge in [-0.2, -0.15) is 0 Å². The molecule has 1 aliphatic heterocycles. The highest BCUT2D eigenvalue weighted by atomic mass is 16.2. The van der Waals surface area contributed by atoms with Crippen molar-refractivity contribution in [2.24, 2.45) is 23.5 Å². The Balaban J connectivity index is 1.71. The third-order valence-corrected chi connectivity index (χ3v) is 6.42. The molecule has 3 aliphatic rings. The zero-order valence-corrected chi connectivity index (χ0v) is 15.6. The van der Waals surface area contributed by atoms with Crippen LogP contribution in [0.2, 0.25) is 0 Å². The van der Waals surface area contributed by atoms with E-state index in [2.05, 4.69) is 13.8 Å². The smallest absolute Gasteiger partial charge is 0.242 e. The van der Waals surface area contributed by atoms with E-state index < -0.39 is 0 Å². The summed E-state index contributed by atoms with van der Waals surface area (Å²) >= 11 is 0. The van der Waals surface area contributed by atoms with E-state index in [4.69, 9.17) is 5.73 Å². The number of carbonyl (C=O) groups excluding carboxylic acids is 2. The number of fused-ring (bicyclic) bond motifs is 2. The second-order valence-electron chi connectivity index (χ2n) is 9.06. The predicted octanol–water partition coefficient (Wildman–Crippen LogP) is 2.00. The normalized spacial score (nSPS) is 36.2. The van der Waals surface area contributed by atoms with Crippen LogP contribution in [0.15, 0.2) is 0 Å². The lowest BCUT2D eigenvalue weighted by molar-refractivity contribution is -0.158. The van der Waals surface area contributed by atoms with E-state index in [1.165, 1.54) is 6.42 Å². The molecule has 0 aromatic rings.